The van der Waals surface area contributed by atoms with Crippen LogP contribution in [0.5, 0.6) is 0 Å². The van der Waals surface area contributed by atoms with E-state index in [1.807, 2.05) is 12.1 Å². The van der Waals surface area contributed by atoms with Crippen molar-refractivity contribution in [1.29, 1.82) is 0 Å². The van der Waals surface area contributed by atoms with Crippen molar-refractivity contribution in [2.75, 3.05) is 9.80 Å². The summed E-state index contributed by atoms with van der Waals surface area (Å²) < 4.78 is 26.5. The molecule has 0 unspecified atom stereocenters. The summed E-state index contributed by atoms with van der Waals surface area (Å²) in [5.41, 5.74) is 31.7. The third-order valence-electron chi connectivity index (χ3n) is 26.2. The van der Waals surface area contributed by atoms with Crippen LogP contribution in [0, 0.1) is 0 Å². The molecule has 0 amide bonds. The third kappa shape index (κ3) is 13.1. The monoisotopic (exact) mass is 1660 g/mol. The van der Waals surface area contributed by atoms with Gasteiger partial charge in [0.15, 0.2) is 0 Å². The Labute approximate surface area is 749 Å². The summed E-state index contributed by atoms with van der Waals surface area (Å²) in [6, 6.07) is 169. The zero-order valence-electron chi connectivity index (χ0n) is 70.6. The second kappa shape index (κ2) is 31.4. The normalized spacial score (nSPS) is 11.7. The molecule has 0 spiro atoms. The molecule has 0 atom stereocenters. The van der Waals surface area contributed by atoms with Gasteiger partial charge in [-0.05, 0) is 219 Å². The maximum atomic E-state index is 6.64. The molecule has 4 aromatic heterocycles. The van der Waals surface area contributed by atoms with Crippen molar-refractivity contribution in [3.8, 4) is 89.0 Å². The van der Waals surface area contributed by atoms with Crippen molar-refractivity contribution in [3.63, 3.8) is 0 Å². The Morgan fingerprint density at radius 1 is 0.131 bits per heavy atom. The molecule has 130 heavy (non-hydrogen) atoms. The molecule has 0 fully saturated rings. The van der Waals surface area contributed by atoms with Gasteiger partial charge in [-0.1, -0.05) is 364 Å². The molecule has 26 rings (SSSR count). The number of nitrogens with zero attached hydrogens (tertiary/aromatic N) is 2. The van der Waals surface area contributed by atoms with Gasteiger partial charge in [-0.2, -0.15) is 0 Å². The molecular formula is C124H78N2O4. The lowest BCUT2D eigenvalue weighted by molar-refractivity contribution is 0.670. The predicted octanol–water partition coefficient (Wildman–Crippen LogP) is 35.9. The Bertz CT molecular complexity index is 8450. The maximum Gasteiger partial charge on any atom is 0.143 e. The van der Waals surface area contributed by atoms with Crippen LogP contribution in [0.4, 0.5) is 34.1 Å². The maximum absolute atomic E-state index is 6.64. The summed E-state index contributed by atoms with van der Waals surface area (Å²) in [5.74, 6) is 0. The first-order chi connectivity index (χ1) is 64.4. The van der Waals surface area contributed by atoms with Gasteiger partial charge in [0.1, 0.15) is 44.7 Å². The van der Waals surface area contributed by atoms with Gasteiger partial charge in [-0.25, -0.2) is 0 Å². The van der Waals surface area contributed by atoms with E-state index in [9.17, 15) is 0 Å². The highest BCUT2D eigenvalue weighted by Gasteiger charge is 2.24. The van der Waals surface area contributed by atoms with Gasteiger partial charge < -0.3 is 27.5 Å². The molecule has 0 radical (unpaired) electrons. The number of rotatable bonds is 14. The van der Waals surface area contributed by atoms with Crippen molar-refractivity contribution in [1.82, 2.24) is 0 Å². The lowest BCUT2D eigenvalue weighted by atomic mass is 9.96. The van der Waals surface area contributed by atoms with E-state index in [0.29, 0.717) is 0 Å². The molecule has 26 aromatic rings. The highest BCUT2D eigenvalue weighted by Crippen LogP contribution is 2.49. The number of hydrogen-bond donors (Lipinski definition) is 0. The number of furan rings is 4. The lowest BCUT2D eigenvalue weighted by Crippen LogP contribution is -2.09. The lowest BCUT2D eigenvalue weighted by Gasteiger charge is -2.26. The molecule has 0 N–H and O–H groups in total. The van der Waals surface area contributed by atoms with E-state index in [4.69, 9.17) is 17.7 Å². The van der Waals surface area contributed by atoms with Gasteiger partial charge in [-0.3, -0.25) is 0 Å². The number of hydrogen-bond acceptors (Lipinski definition) is 6. The largest absolute Gasteiger partial charge is 0.455 e. The molecule has 0 bridgehead atoms. The van der Waals surface area contributed by atoms with Gasteiger partial charge in [-0.15, -0.1) is 0 Å². The Morgan fingerprint density at radius 2 is 0.369 bits per heavy atom. The quantitative estimate of drug-likeness (QED) is 0.108. The molecule has 6 heteroatoms. The highest BCUT2D eigenvalue weighted by molar-refractivity contribution is 6.26. The molecule has 0 aliphatic heterocycles. The van der Waals surface area contributed by atoms with Crippen LogP contribution >= 0.6 is 0 Å². The van der Waals surface area contributed by atoms with Crippen LogP contribution in [-0.2, 0) is 0 Å². The number of fused-ring (bicyclic) bond motifs is 20. The summed E-state index contributed by atoms with van der Waals surface area (Å²) in [6.07, 6.45) is 0. The first-order valence-electron chi connectivity index (χ1n) is 44.3. The number of benzene rings is 22. The van der Waals surface area contributed by atoms with E-state index in [0.717, 1.165) is 178 Å². The summed E-state index contributed by atoms with van der Waals surface area (Å²) in [6.45, 7) is 0. The minimum absolute atomic E-state index is 0.895. The third-order valence-corrected chi connectivity index (χ3v) is 26.2. The van der Waals surface area contributed by atoms with Crippen LogP contribution in [0.15, 0.2) is 491 Å². The van der Waals surface area contributed by atoms with E-state index in [1.165, 1.54) is 76.5 Å². The number of para-hydroxylation sites is 4. The van der Waals surface area contributed by atoms with Crippen LogP contribution in [0.1, 0.15) is 0 Å². The van der Waals surface area contributed by atoms with E-state index in [1.54, 1.807) is 0 Å². The van der Waals surface area contributed by atoms with Crippen molar-refractivity contribution in [3.05, 3.63) is 473 Å². The van der Waals surface area contributed by atoms with Crippen molar-refractivity contribution < 1.29 is 17.7 Å². The second-order valence-corrected chi connectivity index (χ2v) is 33.6. The van der Waals surface area contributed by atoms with Gasteiger partial charge in [0.2, 0.25) is 0 Å². The van der Waals surface area contributed by atoms with E-state index in [2.05, 4.69) is 471 Å². The summed E-state index contributed by atoms with van der Waals surface area (Å²) in [5, 5.41) is 18.7. The molecule has 0 aliphatic carbocycles. The Balaban J connectivity index is 0.000000140. The van der Waals surface area contributed by atoms with E-state index < -0.39 is 0 Å². The number of anilines is 6. The van der Waals surface area contributed by atoms with Gasteiger partial charge >= 0.3 is 0 Å². The molecule has 608 valence electrons. The van der Waals surface area contributed by atoms with Crippen molar-refractivity contribution >= 4 is 165 Å². The first kappa shape index (κ1) is 75.2. The standard InChI is InChI=1S/2C62H39NO2/c1-2-12-40(13-3-1)41-22-24-42(25-23-41)43-26-32-48(33-27-43)63(49-34-28-44(29-35-49)55-38-46-14-4-6-16-51(46)59-53-18-8-10-20-57(53)64-61(55)59)50-36-30-45(31-37-50)56-39-47-15-5-7-17-52(47)60-54-19-9-11-21-58(54)65-62(56)60;1-2-10-40(11-3-1)41-20-22-42(23-21-41)43-24-32-48(33-25-43)63(49-34-26-46(27-35-49)53-16-8-18-55-59-51-14-6-4-12-44(51)30-38-57(59)64-61(53)55)50-36-28-47(29-37-50)54-17-9-19-56-60-52-15-7-5-13-45(52)31-39-58(60)65-62(54)56/h2*1-39H. The molecule has 0 saturated heterocycles. The summed E-state index contributed by atoms with van der Waals surface area (Å²) in [4.78, 5) is 4.67. The average Bonchev–Trinajstić information content (AvgIpc) is 1.58. The average molecular weight is 1660 g/mol. The molecule has 0 saturated carbocycles. The smallest absolute Gasteiger partial charge is 0.143 e. The van der Waals surface area contributed by atoms with E-state index in [-0.39, 0.29) is 0 Å². The molecule has 4 heterocycles. The topological polar surface area (TPSA) is 59.0 Å². The van der Waals surface area contributed by atoms with Gasteiger partial charge in [0, 0.05) is 99.5 Å². The van der Waals surface area contributed by atoms with Gasteiger partial charge in [0.25, 0.3) is 0 Å². The Hall–Kier alpha value is -17.3. The molecule has 0 aliphatic rings. The SMILES string of the molecule is c1ccc(-c2ccc(-c3ccc(N(c4ccc(-c5cc6ccccc6c6c5oc5ccccc56)cc4)c4ccc(-c5cc6ccccc6c6c5oc5ccccc56)cc4)cc3)cc2)cc1.c1ccc(-c2ccc(-c3ccc(N(c4ccc(-c5cccc6c5oc5ccc7ccccc7c56)cc4)c4ccc(-c5cccc6c5oc5ccc7ccccc7c56)cc4)cc3)cc2)cc1. The fraction of sp³-hybridized carbons (Fsp3) is 0. The highest BCUT2D eigenvalue weighted by atomic mass is 16.3. The summed E-state index contributed by atoms with van der Waals surface area (Å²) >= 11 is 0. The fourth-order valence-corrected chi connectivity index (χ4v) is 19.8. The van der Waals surface area contributed by atoms with Crippen LogP contribution < -0.4 is 9.80 Å². The zero-order chi connectivity index (χ0) is 85.7. The Kier molecular flexibility index (Phi) is 18.2. The Morgan fingerprint density at radius 3 is 0.700 bits per heavy atom. The van der Waals surface area contributed by atoms with Gasteiger partial charge in [0.05, 0.1) is 0 Å². The van der Waals surface area contributed by atoms with Crippen LogP contribution in [0.3, 0.4) is 0 Å². The fourth-order valence-electron chi connectivity index (χ4n) is 19.8. The van der Waals surface area contributed by atoms with E-state index >= 15 is 0 Å². The van der Waals surface area contributed by atoms with Crippen LogP contribution in [-0.4, -0.2) is 0 Å². The van der Waals surface area contributed by atoms with Crippen LogP contribution in [0.25, 0.3) is 220 Å². The molecule has 6 nitrogen and oxygen atoms in total. The van der Waals surface area contributed by atoms with Crippen LogP contribution in [0.2, 0.25) is 0 Å². The van der Waals surface area contributed by atoms with Crippen molar-refractivity contribution in [2.24, 2.45) is 0 Å². The predicted molar refractivity (Wildman–Crippen MR) is 545 cm³/mol. The minimum Gasteiger partial charge on any atom is -0.455 e. The molecule has 22 aromatic carbocycles. The zero-order valence-corrected chi connectivity index (χ0v) is 70.6. The summed E-state index contributed by atoms with van der Waals surface area (Å²) in [7, 11) is 0. The molecular weight excluding hydrogens is 1580 g/mol. The minimum atomic E-state index is 0.895. The first-order valence-corrected chi connectivity index (χ1v) is 44.3. The second-order valence-electron chi connectivity index (χ2n) is 33.6. The van der Waals surface area contributed by atoms with Crippen molar-refractivity contribution in [2.45, 2.75) is 0 Å².